The number of para-hydroxylation sites is 1. The lowest BCUT2D eigenvalue weighted by Crippen LogP contribution is -2.30. The van der Waals surface area contributed by atoms with Gasteiger partial charge in [-0.05, 0) is 44.2 Å². The van der Waals surface area contributed by atoms with Crippen LogP contribution in [0.3, 0.4) is 0 Å². The number of carbonyl (C=O) groups excluding carboxylic acids is 1. The van der Waals surface area contributed by atoms with Gasteiger partial charge in [0.15, 0.2) is 6.61 Å². The highest BCUT2D eigenvalue weighted by atomic mass is 35.5. The molecule has 0 spiro atoms. The highest BCUT2D eigenvalue weighted by Gasteiger charge is 2.17. The van der Waals surface area contributed by atoms with E-state index in [1.54, 1.807) is 19.9 Å². The first-order chi connectivity index (χ1) is 12.2. The first kappa shape index (κ1) is 20.2. The Hall–Kier alpha value is -2.16. The molecule has 9 heteroatoms. The van der Waals surface area contributed by atoms with E-state index in [-0.39, 0.29) is 27.4 Å². The number of amides is 1. The van der Waals surface area contributed by atoms with Gasteiger partial charge in [0.1, 0.15) is 11.6 Å². The van der Waals surface area contributed by atoms with Crippen molar-refractivity contribution in [1.82, 2.24) is 4.72 Å². The zero-order valence-electron chi connectivity index (χ0n) is 14.1. The van der Waals surface area contributed by atoms with Crippen molar-refractivity contribution in [3.05, 3.63) is 53.3 Å². The number of nitrogens with one attached hydrogen (secondary N) is 2. The van der Waals surface area contributed by atoms with Gasteiger partial charge in [-0.3, -0.25) is 4.79 Å². The largest absolute Gasteiger partial charge is 0.482 e. The van der Waals surface area contributed by atoms with Gasteiger partial charge >= 0.3 is 0 Å². The molecule has 6 nitrogen and oxygen atoms in total. The van der Waals surface area contributed by atoms with Crippen LogP contribution in [0.4, 0.5) is 10.1 Å². The Morgan fingerprint density at radius 1 is 1.23 bits per heavy atom. The second-order valence-corrected chi connectivity index (χ2v) is 7.81. The van der Waals surface area contributed by atoms with Crippen molar-refractivity contribution in [3.63, 3.8) is 0 Å². The van der Waals surface area contributed by atoms with E-state index in [1.165, 1.54) is 36.4 Å². The van der Waals surface area contributed by atoms with Crippen LogP contribution in [0.5, 0.6) is 5.75 Å². The normalized spacial score (nSPS) is 11.4. The summed E-state index contributed by atoms with van der Waals surface area (Å²) in [6, 6.07) is 9.37. The lowest BCUT2D eigenvalue weighted by molar-refractivity contribution is -0.118. The standard InChI is InChI=1S/C17H18ClFN2O4S/c1-11(2)21-26(23,24)12-7-8-16(13(18)9-12)25-10-17(22)20-15-6-4-3-5-14(15)19/h3-9,11,21H,10H2,1-2H3,(H,20,22). The van der Waals surface area contributed by atoms with E-state index in [9.17, 15) is 17.6 Å². The van der Waals surface area contributed by atoms with Gasteiger partial charge in [0.25, 0.3) is 5.91 Å². The van der Waals surface area contributed by atoms with Crippen molar-refractivity contribution in [2.24, 2.45) is 0 Å². The fourth-order valence-electron chi connectivity index (χ4n) is 2.04. The quantitative estimate of drug-likeness (QED) is 0.747. The van der Waals surface area contributed by atoms with Gasteiger partial charge in [-0.2, -0.15) is 0 Å². The number of hydrogen-bond acceptors (Lipinski definition) is 4. The summed E-state index contributed by atoms with van der Waals surface area (Å²) in [6.45, 7) is 2.99. The Bertz CT molecular complexity index is 903. The number of benzene rings is 2. The minimum absolute atomic E-state index is 0.0145. The molecule has 2 N–H and O–H groups in total. The van der Waals surface area contributed by atoms with Gasteiger partial charge in [0.2, 0.25) is 10.0 Å². The van der Waals surface area contributed by atoms with E-state index in [4.69, 9.17) is 16.3 Å². The van der Waals surface area contributed by atoms with Crippen molar-refractivity contribution in [2.45, 2.75) is 24.8 Å². The number of carbonyl (C=O) groups is 1. The predicted molar refractivity (Wildman–Crippen MR) is 97.4 cm³/mol. The lowest BCUT2D eigenvalue weighted by Gasteiger charge is -2.12. The van der Waals surface area contributed by atoms with Crippen LogP contribution in [-0.4, -0.2) is 27.0 Å². The molecule has 0 heterocycles. The maximum Gasteiger partial charge on any atom is 0.262 e. The van der Waals surface area contributed by atoms with E-state index in [0.717, 1.165) is 0 Å². The minimum Gasteiger partial charge on any atom is -0.482 e. The molecule has 0 atom stereocenters. The van der Waals surface area contributed by atoms with E-state index in [1.807, 2.05) is 0 Å². The molecule has 0 saturated carbocycles. The van der Waals surface area contributed by atoms with Crippen LogP contribution >= 0.6 is 11.6 Å². The molecule has 0 aromatic heterocycles. The van der Waals surface area contributed by atoms with Crippen LogP contribution in [0.25, 0.3) is 0 Å². The average molecular weight is 401 g/mol. The molecule has 0 aliphatic carbocycles. The molecule has 0 unspecified atom stereocenters. The van der Waals surface area contributed by atoms with Crippen LogP contribution in [-0.2, 0) is 14.8 Å². The zero-order chi connectivity index (χ0) is 19.3. The number of ether oxygens (including phenoxy) is 1. The van der Waals surface area contributed by atoms with E-state index in [2.05, 4.69) is 10.0 Å². The lowest BCUT2D eigenvalue weighted by atomic mass is 10.3. The molecule has 2 aromatic rings. The summed E-state index contributed by atoms with van der Waals surface area (Å²) in [4.78, 5) is 11.8. The molecular weight excluding hydrogens is 383 g/mol. The van der Waals surface area contributed by atoms with Gasteiger partial charge in [0, 0.05) is 6.04 Å². The molecule has 0 aliphatic heterocycles. The fraction of sp³-hybridized carbons (Fsp3) is 0.235. The molecule has 0 radical (unpaired) electrons. The maximum absolute atomic E-state index is 13.5. The van der Waals surface area contributed by atoms with Crippen LogP contribution in [0.2, 0.25) is 5.02 Å². The molecule has 2 rings (SSSR count). The summed E-state index contributed by atoms with van der Waals surface area (Å²) < 4.78 is 45.4. The van der Waals surface area contributed by atoms with Gasteiger partial charge < -0.3 is 10.1 Å². The molecule has 26 heavy (non-hydrogen) atoms. The third kappa shape index (κ3) is 5.42. The topological polar surface area (TPSA) is 84.5 Å². The first-order valence-electron chi connectivity index (χ1n) is 7.68. The van der Waals surface area contributed by atoms with Gasteiger partial charge in [-0.15, -0.1) is 0 Å². The van der Waals surface area contributed by atoms with Gasteiger partial charge in [-0.1, -0.05) is 23.7 Å². The van der Waals surface area contributed by atoms with Crippen molar-refractivity contribution < 1.29 is 22.3 Å². The summed E-state index contributed by atoms with van der Waals surface area (Å²) in [6.07, 6.45) is 0. The highest BCUT2D eigenvalue weighted by Crippen LogP contribution is 2.27. The van der Waals surface area contributed by atoms with Crippen LogP contribution < -0.4 is 14.8 Å². The molecule has 1 amide bonds. The van der Waals surface area contributed by atoms with E-state index < -0.39 is 28.4 Å². The monoisotopic (exact) mass is 400 g/mol. The Morgan fingerprint density at radius 2 is 1.92 bits per heavy atom. The van der Waals surface area contributed by atoms with Gasteiger partial charge in [0.05, 0.1) is 15.6 Å². The second kappa shape index (κ2) is 8.48. The molecular formula is C17H18ClFN2O4S. The Morgan fingerprint density at radius 3 is 2.54 bits per heavy atom. The summed E-state index contributed by atoms with van der Waals surface area (Å²) in [7, 11) is -3.69. The average Bonchev–Trinajstić information content (AvgIpc) is 2.54. The number of halogens is 2. The molecule has 0 aliphatic rings. The van der Waals surface area contributed by atoms with Crippen molar-refractivity contribution >= 4 is 33.2 Å². The summed E-state index contributed by atoms with van der Waals surface area (Å²) in [5, 5.41) is 2.41. The van der Waals surface area contributed by atoms with Crippen LogP contribution in [0, 0.1) is 5.82 Å². The van der Waals surface area contributed by atoms with E-state index >= 15 is 0 Å². The Kier molecular flexibility index (Phi) is 6.57. The summed E-state index contributed by atoms with van der Waals surface area (Å²) in [5.74, 6) is -1.01. The Labute approximate surface area is 156 Å². The number of anilines is 1. The molecule has 0 saturated heterocycles. The molecule has 0 fully saturated rings. The number of rotatable bonds is 7. The third-order valence-corrected chi connectivity index (χ3v) is 5.06. The van der Waals surface area contributed by atoms with Crippen molar-refractivity contribution in [1.29, 1.82) is 0 Å². The van der Waals surface area contributed by atoms with Gasteiger partial charge in [-0.25, -0.2) is 17.5 Å². The number of sulfonamides is 1. The van der Waals surface area contributed by atoms with Crippen LogP contribution in [0.1, 0.15) is 13.8 Å². The molecule has 140 valence electrons. The smallest absolute Gasteiger partial charge is 0.262 e. The van der Waals surface area contributed by atoms with Crippen molar-refractivity contribution in [2.75, 3.05) is 11.9 Å². The van der Waals surface area contributed by atoms with Crippen molar-refractivity contribution in [3.8, 4) is 5.75 Å². The van der Waals surface area contributed by atoms with Crippen LogP contribution in [0.15, 0.2) is 47.4 Å². The summed E-state index contributed by atoms with van der Waals surface area (Å²) >= 11 is 6.03. The first-order valence-corrected chi connectivity index (χ1v) is 9.54. The SMILES string of the molecule is CC(C)NS(=O)(=O)c1ccc(OCC(=O)Nc2ccccc2F)c(Cl)c1. The highest BCUT2D eigenvalue weighted by molar-refractivity contribution is 7.89. The number of hydrogen-bond donors (Lipinski definition) is 2. The minimum atomic E-state index is -3.69. The maximum atomic E-state index is 13.5. The molecule has 0 bridgehead atoms. The summed E-state index contributed by atoms with van der Waals surface area (Å²) in [5.41, 5.74) is 0.0356. The van der Waals surface area contributed by atoms with E-state index in [0.29, 0.717) is 0 Å². The zero-order valence-corrected chi connectivity index (χ0v) is 15.7. The Balaban J connectivity index is 2.02. The third-order valence-electron chi connectivity index (χ3n) is 3.11. The predicted octanol–water partition coefficient (Wildman–Crippen LogP) is 3.18. The molecule has 2 aromatic carbocycles. The second-order valence-electron chi connectivity index (χ2n) is 5.68. The fourth-order valence-corrected chi connectivity index (χ4v) is 3.61.